The lowest BCUT2D eigenvalue weighted by Crippen LogP contribution is -2.49. The third kappa shape index (κ3) is 3.08. The quantitative estimate of drug-likeness (QED) is 0.791. The summed E-state index contributed by atoms with van der Waals surface area (Å²) in [7, 11) is 0. The third-order valence-electron chi connectivity index (χ3n) is 5.62. The first-order valence-electron chi connectivity index (χ1n) is 8.97. The van der Waals surface area contributed by atoms with E-state index >= 15 is 0 Å². The van der Waals surface area contributed by atoms with Crippen molar-refractivity contribution in [2.45, 2.75) is 76.3 Å². The summed E-state index contributed by atoms with van der Waals surface area (Å²) in [4.78, 5) is 40.6. The first-order chi connectivity index (χ1) is 11.0. The average Bonchev–Trinajstić information content (AvgIpc) is 2.72. The van der Waals surface area contributed by atoms with E-state index in [-0.39, 0.29) is 24.4 Å². The number of nitrogens with zero attached hydrogens (tertiary/aromatic N) is 2. The molecule has 128 valence electrons. The van der Waals surface area contributed by atoms with Crippen LogP contribution < -0.4 is 5.32 Å². The van der Waals surface area contributed by atoms with Gasteiger partial charge >= 0.3 is 6.03 Å². The number of carbonyl (C=O) groups is 3. The van der Waals surface area contributed by atoms with Gasteiger partial charge in [0.25, 0.3) is 5.91 Å². The molecule has 6 heteroatoms. The lowest BCUT2D eigenvalue weighted by Gasteiger charge is -2.34. The Morgan fingerprint density at radius 1 is 1.13 bits per heavy atom. The predicted molar refractivity (Wildman–Crippen MR) is 85.7 cm³/mol. The molecule has 4 amide bonds. The van der Waals surface area contributed by atoms with Crippen LogP contribution in [0, 0.1) is 0 Å². The summed E-state index contributed by atoms with van der Waals surface area (Å²) in [5.41, 5.74) is -0.749. The maximum atomic E-state index is 12.8. The van der Waals surface area contributed by atoms with Crippen LogP contribution in [0.25, 0.3) is 0 Å². The molecule has 3 fully saturated rings. The molecule has 1 aliphatic carbocycles. The van der Waals surface area contributed by atoms with E-state index < -0.39 is 11.6 Å². The largest absolute Gasteiger partial charge is 0.338 e. The number of nitrogens with one attached hydrogen (secondary N) is 1. The highest BCUT2D eigenvalue weighted by atomic mass is 16.2. The van der Waals surface area contributed by atoms with E-state index in [1.807, 2.05) is 11.8 Å². The Bertz CT molecular complexity index is 497. The van der Waals surface area contributed by atoms with Gasteiger partial charge in [0.1, 0.15) is 12.1 Å². The van der Waals surface area contributed by atoms with Crippen molar-refractivity contribution in [3.8, 4) is 0 Å². The maximum absolute atomic E-state index is 12.8. The zero-order valence-electron chi connectivity index (χ0n) is 14.0. The van der Waals surface area contributed by atoms with Gasteiger partial charge in [-0.15, -0.1) is 0 Å². The fourth-order valence-corrected chi connectivity index (χ4v) is 4.19. The lowest BCUT2D eigenvalue weighted by atomic mass is 9.90. The Balaban J connectivity index is 1.69. The number of urea groups is 1. The van der Waals surface area contributed by atoms with Crippen molar-refractivity contribution >= 4 is 17.8 Å². The second-order valence-electron chi connectivity index (χ2n) is 7.25. The van der Waals surface area contributed by atoms with Gasteiger partial charge in [-0.25, -0.2) is 4.79 Å². The van der Waals surface area contributed by atoms with E-state index in [1.165, 1.54) is 0 Å². The second-order valence-corrected chi connectivity index (χ2v) is 7.25. The number of amides is 4. The zero-order chi connectivity index (χ0) is 16.4. The molecule has 1 atom stereocenters. The van der Waals surface area contributed by atoms with Gasteiger partial charge in [-0.2, -0.15) is 0 Å². The highest BCUT2D eigenvalue weighted by Gasteiger charge is 2.51. The molecule has 0 aromatic rings. The van der Waals surface area contributed by atoms with Crippen LogP contribution in [-0.4, -0.2) is 52.3 Å². The number of rotatable bonds is 2. The van der Waals surface area contributed by atoms with E-state index in [2.05, 4.69) is 5.32 Å². The number of hydrogen-bond donors (Lipinski definition) is 1. The molecule has 6 nitrogen and oxygen atoms in total. The Morgan fingerprint density at radius 2 is 1.83 bits per heavy atom. The summed E-state index contributed by atoms with van der Waals surface area (Å²) in [5.74, 6) is -0.297. The maximum Gasteiger partial charge on any atom is 0.325 e. The van der Waals surface area contributed by atoms with Crippen LogP contribution in [0.5, 0.6) is 0 Å². The molecule has 0 unspecified atom stereocenters. The van der Waals surface area contributed by atoms with E-state index in [0.717, 1.165) is 56.4 Å². The lowest BCUT2D eigenvalue weighted by molar-refractivity contribution is -0.141. The SMILES string of the molecule is C[C@H]1CCCCN1C(=O)CN1C(=O)NC2(CCCCCC2)C1=O. The van der Waals surface area contributed by atoms with Gasteiger partial charge in [-0.3, -0.25) is 14.5 Å². The number of imide groups is 1. The van der Waals surface area contributed by atoms with Crippen molar-refractivity contribution in [2.24, 2.45) is 0 Å². The number of hydrogen-bond acceptors (Lipinski definition) is 3. The summed E-state index contributed by atoms with van der Waals surface area (Å²) in [5, 5.41) is 2.90. The van der Waals surface area contributed by atoms with Crippen LogP contribution in [0.1, 0.15) is 64.7 Å². The Labute approximate surface area is 137 Å². The fraction of sp³-hybridized carbons (Fsp3) is 0.824. The first-order valence-corrected chi connectivity index (χ1v) is 8.97. The van der Waals surface area contributed by atoms with Crippen LogP contribution in [0.2, 0.25) is 0 Å². The second kappa shape index (κ2) is 6.49. The topological polar surface area (TPSA) is 69.7 Å². The summed E-state index contributed by atoms with van der Waals surface area (Å²) in [6.07, 6.45) is 8.65. The first kappa shape index (κ1) is 16.3. The highest BCUT2D eigenvalue weighted by molar-refractivity contribution is 6.09. The summed E-state index contributed by atoms with van der Waals surface area (Å²) < 4.78 is 0. The minimum absolute atomic E-state index is 0.105. The Hall–Kier alpha value is -1.59. The van der Waals surface area contributed by atoms with Gasteiger partial charge in [0.05, 0.1) is 0 Å². The molecule has 1 spiro atoms. The van der Waals surface area contributed by atoms with Crippen LogP contribution in [-0.2, 0) is 9.59 Å². The normalized spacial score (nSPS) is 28.0. The molecule has 0 aromatic carbocycles. The minimum Gasteiger partial charge on any atom is -0.338 e. The summed E-state index contributed by atoms with van der Waals surface area (Å²) in [6.45, 7) is 2.65. The molecule has 1 N–H and O–H groups in total. The van der Waals surface area contributed by atoms with E-state index in [4.69, 9.17) is 0 Å². The van der Waals surface area contributed by atoms with Gasteiger partial charge in [0, 0.05) is 12.6 Å². The van der Waals surface area contributed by atoms with Crippen molar-refractivity contribution in [2.75, 3.05) is 13.1 Å². The average molecular weight is 321 g/mol. The molecule has 0 aromatic heterocycles. The minimum atomic E-state index is -0.749. The zero-order valence-corrected chi connectivity index (χ0v) is 14.0. The van der Waals surface area contributed by atoms with E-state index in [9.17, 15) is 14.4 Å². The monoisotopic (exact) mass is 321 g/mol. The van der Waals surface area contributed by atoms with Crippen LogP contribution >= 0.6 is 0 Å². The molecular weight excluding hydrogens is 294 g/mol. The van der Waals surface area contributed by atoms with E-state index in [1.54, 1.807) is 0 Å². The molecule has 0 radical (unpaired) electrons. The third-order valence-corrected chi connectivity index (χ3v) is 5.62. The van der Waals surface area contributed by atoms with Gasteiger partial charge < -0.3 is 10.2 Å². The van der Waals surface area contributed by atoms with Gasteiger partial charge in [-0.05, 0) is 39.0 Å². The van der Waals surface area contributed by atoms with Crippen molar-refractivity contribution in [1.82, 2.24) is 15.1 Å². The molecule has 2 aliphatic heterocycles. The van der Waals surface area contributed by atoms with E-state index in [0.29, 0.717) is 12.8 Å². The molecule has 2 saturated heterocycles. The highest BCUT2D eigenvalue weighted by Crippen LogP contribution is 2.32. The number of likely N-dealkylation sites (tertiary alicyclic amines) is 1. The standard InChI is InChI=1S/C17H27N3O3/c1-13-8-4-7-11-19(13)14(21)12-20-15(22)17(18-16(20)23)9-5-2-3-6-10-17/h13H,2-12H2,1H3,(H,18,23)/t13-/m0/s1. The van der Waals surface area contributed by atoms with Crippen molar-refractivity contribution < 1.29 is 14.4 Å². The number of piperidine rings is 1. The smallest absolute Gasteiger partial charge is 0.325 e. The molecular formula is C17H27N3O3. The van der Waals surface area contributed by atoms with Crippen molar-refractivity contribution in [1.29, 1.82) is 0 Å². The van der Waals surface area contributed by atoms with Crippen molar-refractivity contribution in [3.63, 3.8) is 0 Å². The van der Waals surface area contributed by atoms with Crippen molar-refractivity contribution in [3.05, 3.63) is 0 Å². The molecule has 0 bridgehead atoms. The molecule has 23 heavy (non-hydrogen) atoms. The number of carbonyl (C=O) groups excluding carboxylic acids is 3. The summed E-state index contributed by atoms with van der Waals surface area (Å²) in [6, 6.07) is -0.196. The Kier molecular flexibility index (Phi) is 4.60. The van der Waals surface area contributed by atoms with Gasteiger partial charge in [0.15, 0.2) is 0 Å². The van der Waals surface area contributed by atoms with Gasteiger partial charge in [0.2, 0.25) is 5.91 Å². The molecule has 1 saturated carbocycles. The summed E-state index contributed by atoms with van der Waals surface area (Å²) >= 11 is 0. The van der Waals surface area contributed by atoms with Crippen LogP contribution in [0.3, 0.4) is 0 Å². The molecule has 3 aliphatic rings. The van der Waals surface area contributed by atoms with Gasteiger partial charge in [-0.1, -0.05) is 25.7 Å². The van der Waals surface area contributed by atoms with Crippen LogP contribution in [0.4, 0.5) is 4.79 Å². The van der Waals surface area contributed by atoms with Crippen LogP contribution in [0.15, 0.2) is 0 Å². The fourth-order valence-electron chi connectivity index (χ4n) is 4.19. The molecule has 2 heterocycles. The molecule has 3 rings (SSSR count). The predicted octanol–water partition coefficient (Wildman–Crippen LogP) is 2.03. The Morgan fingerprint density at radius 3 is 2.48 bits per heavy atom.